The van der Waals surface area contributed by atoms with Gasteiger partial charge in [-0.3, -0.25) is 9.59 Å². The molecule has 0 saturated carbocycles. The summed E-state index contributed by atoms with van der Waals surface area (Å²) in [4.78, 5) is 28.3. The topological polar surface area (TPSA) is 131 Å². The molecule has 0 saturated heterocycles. The van der Waals surface area contributed by atoms with E-state index in [0.29, 0.717) is 50.1 Å². The van der Waals surface area contributed by atoms with Crippen LogP contribution in [0.25, 0.3) is 11.4 Å². The van der Waals surface area contributed by atoms with Crippen LogP contribution in [0.4, 0.5) is 0 Å². The first kappa shape index (κ1) is 23.2. The van der Waals surface area contributed by atoms with Gasteiger partial charge < -0.3 is 19.9 Å². The van der Waals surface area contributed by atoms with E-state index in [-0.39, 0.29) is 24.2 Å². The van der Waals surface area contributed by atoms with Crippen LogP contribution in [0.2, 0.25) is 0 Å². The minimum Gasteiger partial charge on any atom is -0.380 e. The van der Waals surface area contributed by atoms with E-state index in [0.717, 1.165) is 16.7 Å². The SMILES string of the molecule is COCc1ccc(-c2noc(CCC(=O)NCCCNC3=C4C=CC=CC4C(=O)N=N3)n2)cc1. The van der Waals surface area contributed by atoms with Gasteiger partial charge in [-0.05, 0) is 12.0 Å². The molecule has 2 heterocycles. The molecule has 0 spiro atoms. The zero-order chi connectivity index (χ0) is 23.8. The van der Waals surface area contributed by atoms with Crippen molar-refractivity contribution in [2.75, 3.05) is 20.2 Å². The smallest absolute Gasteiger partial charge is 0.276 e. The number of benzene rings is 1. The number of amides is 2. The van der Waals surface area contributed by atoms with Gasteiger partial charge in [-0.1, -0.05) is 53.7 Å². The highest BCUT2D eigenvalue weighted by molar-refractivity contribution is 5.86. The molecule has 1 aliphatic carbocycles. The predicted octanol–water partition coefficient (Wildman–Crippen LogP) is 2.86. The Morgan fingerprint density at radius 2 is 2.00 bits per heavy atom. The Morgan fingerprint density at radius 1 is 1.15 bits per heavy atom. The van der Waals surface area contributed by atoms with Crippen LogP contribution >= 0.6 is 0 Å². The summed E-state index contributed by atoms with van der Waals surface area (Å²) in [6, 6.07) is 7.72. The third-order valence-electron chi connectivity index (χ3n) is 5.34. The lowest BCUT2D eigenvalue weighted by Gasteiger charge is -2.20. The van der Waals surface area contributed by atoms with E-state index < -0.39 is 0 Å². The number of azo groups is 1. The second-order valence-electron chi connectivity index (χ2n) is 7.84. The molecule has 1 aliphatic heterocycles. The standard InChI is InChI=1S/C24H26N6O4/c1-33-15-16-7-9-17(10-8-16)22-27-21(34-30-22)12-11-20(31)25-13-4-14-26-23-18-5-2-3-6-19(18)24(32)29-28-23/h2-3,5-10,19,26H,4,11-15H2,1H3,(H,25,31). The van der Waals surface area contributed by atoms with E-state index in [1.807, 2.05) is 48.6 Å². The maximum Gasteiger partial charge on any atom is 0.276 e. The van der Waals surface area contributed by atoms with Crippen molar-refractivity contribution in [2.24, 2.45) is 16.1 Å². The fourth-order valence-corrected chi connectivity index (χ4v) is 3.56. The van der Waals surface area contributed by atoms with Gasteiger partial charge in [0.15, 0.2) is 5.82 Å². The van der Waals surface area contributed by atoms with E-state index >= 15 is 0 Å². The van der Waals surface area contributed by atoms with Crippen molar-refractivity contribution in [1.82, 2.24) is 20.8 Å². The van der Waals surface area contributed by atoms with Gasteiger partial charge in [-0.15, -0.1) is 10.2 Å². The van der Waals surface area contributed by atoms with E-state index in [1.165, 1.54) is 0 Å². The quantitative estimate of drug-likeness (QED) is 0.491. The van der Waals surface area contributed by atoms with E-state index in [4.69, 9.17) is 9.26 Å². The second-order valence-corrected chi connectivity index (χ2v) is 7.84. The number of hydrogen-bond acceptors (Lipinski definition) is 8. The first-order valence-electron chi connectivity index (χ1n) is 11.1. The number of carbonyl (C=O) groups is 2. The van der Waals surface area contributed by atoms with Crippen LogP contribution in [-0.4, -0.2) is 42.2 Å². The van der Waals surface area contributed by atoms with Crippen LogP contribution in [0, 0.1) is 5.92 Å². The molecule has 2 N–H and O–H groups in total. The molecule has 176 valence electrons. The summed E-state index contributed by atoms with van der Waals surface area (Å²) in [5.41, 5.74) is 2.72. The number of hydrogen-bond donors (Lipinski definition) is 2. The Kier molecular flexibility index (Phi) is 7.71. The normalized spacial score (nSPS) is 16.6. The van der Waals surface area contributed by atoms with E-state index in [1.54, 1.807) is 7.11 Å². The third-order valence-corrected chi connectivity index (χ3v) is 5.34. The van der Waals surface area contributed by atoms with Crippen LogP contribution in [0.3, 0.4) is 0 Å². The number of nitrogens with one attached hydrogen (secondary N) is 2. The molecule has 10 heteroatoms. The molecule has 1 unspecified atom stereocenters. The monoisotopic (exact) mass is 462 g/mol. The van der Waals surface area contributed by atoms with Crippen LogP contribution in [0.1, 0.15) is 24.3 Å². The molecule has 1 aromatic carbocycles. The van der Waals surface area contributed by atoms with Crippen LogP contribution < -0.4 is 10.6 Å². The number of methoxy groups -OCH3 is 1. The Labute approximate surface area is 196 Å². The summed E-state index contributed by atoms with van der Waals surface area (Å²) in [6.45, 7) is 1.64. The lowest BCUT2D eigenvalue weighted by molar-refractivity contribution is -0.121. The first-order valence-corrected chi connectivity index (χ1v) is 11.1. The largest absolute Gasteiger partial charge is 0.380 e. The summed E-state index contributed by atoms with van der Waals surface area (Å²) in [5.74, 6) is 0.785. The maximum absolute atomic E-state index is 12.2. The number of carbonyl (C=O) groups excluding carboxylic acids is 2. The number of aryl methyl sites for hydroxylation is 1. The summed E-state index contributed by atoms with van der Waals surface area (Å²) < 4.78 is 10.4. The Bertz CT molecular complexity index is 1150. The highest BCUT2D eigenvalue weighted by Gasteiger charge is 2.26. The van der Waals surface area contributed by atoms with Crippen LogP contribution in [0.15, 0.2) is 74.7 Å². The molecule has 34 heavy (non-hydrogen) atoms. The minimum absolute atomic E-state index is 0.0888. The number of ether oxygens (including phenoxy) is 1. The number of rotatable bonds is 11. The first-order chi connectivity index (χ1) is 16.6. The Balaban J connectivity index is 1.16. The van der Waals surface area contributed by atoms with Gasteiger partial charge in [0.1, 0.15) is 0 Å². The summed E-state index contributed by atoms with van der Waals surface area (Å²) in [6.07, 6.45) is 8.69. The molecule has 1 aromatic heterocycles. The van der Waals surface area contributed by atoms with E-state index in [9.17, 15) is 9.59 Å². The van der Waals surface area contributed by atoms with E-state index in [2.05, 4.69) is 31.0 Å². The third kappa shape index (κ3) is 5.90. The molecule has 0 radical (unpaired) electrons. The number of nitrogens with zero attached hydrogens (tertiary/aromatic N) is 4. The molecule has 0 bridgehead atoms. The fraction of sp³-hybridized carbons (Fsp3) is 0.333. The Hall–Kier alpha value is -3.92. The zero-order valence-electron chi connectivity index (χ0n) is 18.9. The van der Waals surface area contributed by atoms with Crippen molar-refractivity contribution in [2.45, 2.75) is 25.9 Å². The lowest BCUT2D eigenvalue weighted by atomic mass is 9.93. The predicted molar refractivity (Wildman–Crippen MR) is 123 cm³/mol. The minimum atomic E-state index is -0.370. The number of aromatic nitrogens is 2. The van der Waals surface area contributed by atoms with Crippen LogP contribution in [-0.2, 0) is 27.4 Å². The van der Waals surface area contributed by atoms with Crippen molar-refractivity contribution < 1.29 is 18.8 Å². The average molecular weight is 463 g/mol. The lowest BCUT2D eigenvalue weighted by Crippen LogP contribution is -2.28. The number of allylic oxidation sites excluding steroid dienone is 3. The van der Waals surface area contributed by atoms with Crippen molar-refractivity contribution in [3.8, 4) is 11.4 Å². The Morgan fingerprint density at radius 3 is 2.82 bits per heavy atom. The van der Waals surface area contributed by atoms with Gasteiger partial charge in [0.05, 0.1) is 12.5 Å². The fourth-order valence-electron chi connectivity index (χ4n) is 3.56. The molecule has 2 amide bonds. The molecule has 0 fully saturated rings. The molecule has 2 aliphatic rings. The molecule has 1 atom stereocenters. The summed E-state index contributed by atoms with van der Waals surface area (Å²) in [5, 5.41) is 17.7. The highest BCUT2D eigenvalue weighted by atomic mass is 16.5. The average Bonchev–Trinajstić information content (AvgIpc) is 3.34. The van der Waals surface area contributed by atoms with Crippen molar-refractivity contribution in [3.63, 3.8) is 0 Å². The van der Waals surface area contributed by atoms with Crippen molar-refractivity contribution >= 4 is 11.8 Å². The highest BCUT2D eigenvalue weighted by Crippen LogP contribution is 2.27. The van der Waals surface area contributed by atoms with Gasteiger partial charge >= 0.3 is 0 Å². The van der Waals surface area contributed by atoms with Gasteiger partial charge in [0.25, 0.3) is 5.91 Å². The van der Waals surface area contributed by atoms with Gasteiger partial charge in [0, 0.05) is 44.2 Å². The van der Waals surface area contributed by atoms with Gasteiger partial charge in [0.2, 0.25) is 17.6 Å². The molecule has 4 rings (SSSR count). The summed E-state index contributed by atoms with van der Waals surface area (Å²) in [7, 11) is 1.65. The molecule has 2 aromatic rings. The molecule has 10 nitrogen and oxygen atoms in total. The van der Waals surface area contributed by atoms with Crippen LogP contribution in [0.5, 0.6) is 0 Å². The van der Waals surface area contributed by atoms with Gasteiger partial charge in [-0.25, -0.2) is 0 Å². The number of fused-ring (bicyclic) bond motifs is 1. The van der Waals surface area contributed by atoms with Crippen molar-refractivity contribution in [3.05, 3.63) is 71.4 Å². The maximum atomic E-state index is 12.2. The van der Waals surface area contributed by atoms with Crippen molar-refractivity contribution in [1.29, 1.82) is 0 Å². The molecular formula is C24H26N6O4. The van der Waals surface area contributed by atoms with Gasteiger partial charge in [-0.2, -0.15) is 4.98 Å². The second kappa shape index (κ2) is 11.3. The zero-order valence-corrected chi connectivity index (χ0v) is 18.9. The summed E-state index contributed by atoms with van der Waals surface area (Å²) >= 11 is 0. The molecular weight excluding hydrogens is 436 g/mol.